The van der Waals surface area contributed by atoms with Crippen LogP contribution in [0.3, 0.4) is 0 Å². The molecule has 1 fully saturated rings. The lowest BCUT2D eigenvalue weighted by atomic mass is 9.98. The van der Waals surface area contributed by atoms with E-state index in [9.17, 15) is 0 Å². The van der Waals surface area contributed by atoms with Gasteiger partial charge in [-0.15, -0.1) is 5.16 Å². The molecule has 3 heteroatoms. The molecule has 58 valence electrons. The summed E-state index contributed by atoms with van der Waals surface area (Å²) in [5.74, 6) is 0. The average molecular weight is 157 g/mol. The number of hydrogen-bond donors (Lipinski definition) is 0. The number of nitrogens with zero attached hydrogens (tertiary/aromatic N) is 1. The summed E-state index contributed by atoms with van der Waals surface area (Å²) in [4.78, 5) is 0. The van der Waals surface area contributed by atoms with E-state index in [2.05, 4.69) is 24.8 Å². The van der Waals surface area contributed by atoms with Crippen molar-refractivity contribution in [2.45, 2.75) is 38.9 Å². The van der Waals surface area contributed by atoms with E-state index in [1.54, 1.807) is 0 Å². The van der Waals surface area contributed by atoms with Crippen molar-refractivity contribution in [3.8, 4) is 0 Å². The third kappa shape index (κ3) is 2.52. The summed E-state index contributed by atoms with van der Waals surface area (Å²) in [6.07, 6.45) is 3.61. The van der Waals surface area contributed by atoms with Crippen molar-refractivity contribution in [3.63, 3.8) is 0 Å². The van der Waals surface area contributed by atoms with Gasteiger partial charge in [-0.1, -0.05) is 0 Å². The van der Waals surface area contributed by atoms with E-state index >= 15 is 0 Å². The molecule has 0 aromatic carbocycles. The summed E-state index contributed by atoms with van der Waals surface area (Å²) in [6, 6.07) is 0. The van der Waals surface area contributed by atoms with Gasteiger partial charge in [-0.05, 0) is 38.9 Å². The van der Waals surface area contributed by atoms with Crippen LogP contribution >= 0.6 is 0 Å². The van der Waals surface area contributed by atoms with E-state index in [4.69, 9.17) is 4.53 Å². The van der Waals surface area contributed by atoms with Crippen molar-refractivity contribution in [1.82, 2.24) is 0 Å². The molecule has 0 unspecified atom stereocenters. The first-order valence-electron chi connectivity index (χ1n) is 3.82. The zero-order valence-corrected chi connectivity index (χ0v) is 7.98. The quantitative estimate of drug-likeness (QED) is 0.445. The van der Waals surface area contributed by atoms with Crippen LogP contribution in [-0.4, -0.2) is 14.0 Å². The highest BCUT2D eigenvalue weighted by Gasteiger charge is 2.17. The van der Waals surface area contributed by atoms with Crippen LogP contribution in [-0.2, 0) is 4.53 Å². The largest absolute Gasteiger partial charge is 0.456 e. The fourth-order valence-corrected chi connectivity index (χ4v) is 1.03. The summed E-state index contributed by atoms with van der Waals surface area (Å²) < 4.78 is 5.36. The maximum absolute atomic E-state index is 5.36. The van der Waals surface area contributed by atoms with Crippen molar-refractivity contribution >= 4 is 14.0 Å². The Hall–Kier alpha value is -0.313. The highest BCUT2D eigenvalue weighted by Crippen LogP contribution is 2.15. The SMILES string of the molecule is C[Si](C)(C)ON=C1CCC1. The summed E-state index contributed by atoms with van der Waals surface area (Å²) in [5.41, 5.74) is 1.25. The lowest BCUT2D eigenvalue weighted by Crippen LogP contribution is -2.24. The lowest BCUT2D eigenvalue weighted by Gasteiger charge is -2.18. The van der Waals surface area contributed by atoms with Crippen molar-refractivity contribution in [2.75, 3.05) is 0 Å². The van der Waals surface area contributed by atoms with E-state index in [1.165, 1.54) is 12.1 Å². The second-order valence-corrected chi connectivity index (χ2v) is 8.12. The van der Waals surface area contributed by atoms with Crippen molar-refractivity contribution in [2.24, 2.45) is 5.16 Å². The minimum atomic E-state index is -1.39. The molecule has 0 bridgehead atoms. The van der Waals surface area contributed by atoms with Gasteiger partial charge in [0, 0.05) is 0 Å². The monoisotopic (exact) mass is 157 g/mol. The van der Waals surface area contributed by atoms with Gasteiger partial charge in [0.15, 0.2) is 0 Å². The predicted molar refractivity (Wildman–Crippen MR) is 45.7 cm³/mol. The molecule has 1 rings (SSSR count). The first-order valence-corrected chi connectivity index (χ1v) is 7.23. The van der Waals surface area contributed by atoms with E-state index < -0.39 is 8.32 Å². The van der Waals surface area contributed by atoms with Crippen LogP contribution in [0.2, 0.25) is 19.6 Å². The van der Waals surface area contributed by atoms with Crippen LogP contribution in [0.5, 0.6) is 0 Å². The fraction of sp³-hybridized carbons (Fsp3) is 0.857. The number of oxime groups is 1. The summed E-state index contributed by atoms with van der Waals surface area (Å²) in [6.45, 7) is 6.45. The normalized spacial score (nSPS) is 18.1. The molecule has 0 spiro atoms. The Bertz CT molecular complexity index is 142. The first kappa shape index (κ1) is 7.79. The Kier molecular flexibility index (Phi) is 2.13. The van der Waals surface area contributed by atoms with Crippen LogP contribution in [0.1, 0.15) is 19.3 Å². The molecule has 0 aliphatic heterocycles. The van der Waals surface area contributed by atoms with Gasteiger partial charge in [0.1, 0.15) is 0 Å². The van der Waals surface area contributed by atoms with E-state index in [0.717, 1.165) is 12.8 Å². The van der Waals surface area contributed by atoms with Crippen molar-refractivity contribution in [1.29, 1.82) is 0 Å². The van der Waals surface area contributed by atoms with Crippen molar-refractivity contribution in [3.05, 3.63) is 0 Å². The molecule has 1 aliphatic rings. The molecule has 0 radical (unpaired) electrons. The maximum Gasteiger partial charge on any atom is 0.278 e. The minimum Gasteiger partial charge on any atom is -0.456 e. The van der Waals surface area contributed by atoms with Gasteiger partial charge < -0.3 is 4.53 Å². The van der Waals surface area contributed by atoms with Crippen LogP contribution in [0.4, 0.5) is 0 Å². The van der Waals surface area contributed by atoms with Gasteiger partial charge in [-0.3, -0.25) is 0 Å². The van der Waals surface area contributed by atoms with Crippen LogP contribution in [0.15, 0.2) is 5.16 Å². The van der Waals surface area contributed by atoms with Crippen molar-refractivity contribution < 1.29 is 4.53 Å². The third-order valence-electron chi connectivity index (χ3n) is 1.38. The molecular formula is C7H15NOSi. The van der Waals surface area contributed by atoms with Gasteiger partial charge in [-0.25, -0.2) is 0 Å². The summed E-state index contributed by atoms with van der Waals surface area (Å²) >= 11 is 0. The third-order valence-corrected chi connectivity index (χ3v) is 2.02. The van der Waals surface area contributed by atoms with E-state index in [1.807, 2.05) is 0 Å². The Morgan fingerprint density at radius 1 is 1.30 bits per heavy atom. The van der Waals surface area contributed by atoms with Gasteiger partial charge in [0.25, 0.3) is 8.32 Å². The van der Waals surface area contributed by atoms with Gasteiger partial charge >= 0.3 is 0 Å². The Labute approximate surface area is 63.4 Å². The standard InChI is InChI=1S/C7H15NOSi/c1-10(2,3)9-8-7-5-4-6-7/h4-6H2,1-3H3. The molecule has 10 heavy (non-hydrogen) atoms. The minimum absolute atomic E-state index is 1.16. The summed E-state index contributed by atoms with van der Waals surface area (Å²) in [7, 11) is -1.39. The smallest absolute Gasteiger partial charge is 0.278 e. The highest BCUT2D eigenvalue weighted by molar-refractivity contribution is 6.69. The second-order valence-electron chi connectivity index (χ2n) is 3.71. The van der Waals surface area contributed by atoms with Crippen LogP contribution in [0.25, 0.3) is 0 Å². The highest BCUT2D eigenvalue weighted by atomic mass is 28.4. The molecule has 1 aliphatic carbocycles. The molecule has 2 nitrogen and oxygen atoms in total. The number of hydrogen-bond acceptors (Lipinski definition) is 2. The van der Waals surface area contributed by atoms with Gasteiger partial charge in [-0.2, -0.15) is 0 Å². The first-order chi connectivity index (χ1) is 4.58. The molecule has 1 saturated carbocycles. The lowest BCUT2D eigenvalue weighted by molar-refractivity contribution is 0.329. The fourth-order valence-electron chi connectivity index (χ4n) is 0.628. The van der Waals surface area contributed by atoms with E-state index in [0.29, 0.717) is 0 Å². The molecule has 0 saturated heterocycles. The number of rotatable bonds is 2. The Morgan fingerprint density at radius 3 is 2.20 bits per heavy atom. The van der Waals surface area contributed by atoms with Gasteiger partial charge in [0.05, 0.1) is 5.71 Å². The summed E-state index contributed by atoms with van der Waals surface area (Å²) in [5, 5.41) is 4.08. The average Bonchev–Trinajstić information content (AvgIpc) is 1.56. The molecule has 0 atom stereocenters. The molecular weight excluding hydrogens is 142 g/mol. The maximum atomic E-state index is 5.36. The van der Waals surface area contributed by atoms with Gasteiger partial charge in [0.2, 0.25) is 0 Å². The zero-order valence-electron chi connectivity index (χ0n) is 6.98. The van der Waals surface area contributed by atoms with E-state index in [-0.39, 0.29) is 0 Å². The van der Waals surface area contributed by atoms with Crippen LogP contribution in [0, 0.1) is 0 Å². The molecule has 0 heterocycles. The Morgan fingerprint density at radius 2 is 1.90 bits per heavy atom. The second kappa shape index (κ2) is 2.74. The Balaban J connectivity index is 2.26. The predicted octanol–water partition coefficient (Wildman–Crippen LogP) is 2.38. The molecule has 0 amide bonds. The van der Waals surface area contributed by atoms with Crippen LogP contribution < -0.4 is 0 Å². The topological polar surface area (TPSA) is 21.6 Å². The zero-order chi connectivity index (χ0) is 7.61. The molecule has 0 aromatic rings. The molecule has 0 aromatic heterocycles. The molecule has 0 N–H and O–H groups in total.